The first kappa shape index (κ1) is 21.0. The molecule has 0 atom stereocenters. The molecule has 0 radical (unpaired) electrons. The summed E-state index contributed by atoms with van der Waals surface area (Å²) in [5, 5.41) is 0. The molecule has 3 nitrogen and oxygen atoms in total. The van der Waals surface area contributed by atoms with E-state index in [1.54, 1.807) is 42.5 Å². The number of ether oxygens (including phenoxy) is 1. The monoisotopic (exact) mass is 396 g/mol. The van der Waals surface area contributed by atoms with Crippen molar-refractivity contribution in [3.05, 3.63) is 113 Å². The average molecular weight is 396 g/mol. The first-order valence-corrected chi connectivity index (χ1v) is 9.88. The smallest absolute Gasteiger partial charge is 0.336 e. The number of hydrogen-bond donors (Lipinski definition) is 0. The van der Waals surface area contributed by atoms with E-state index in [9.17, 15) is 9.59 Å². The zero-order valence-electron chi connectivity index (χ0n) is 17.1. The van der Waals surface area contributed by atoms with E-state index in [4.69, 9.17) is 4.74 Å². The molecule has 0 aliphatic heterocycles. The van der Waals surface area contributed by atoms with Gasteiger partial charge >= 0.3 is 5.97 Å². The van der Waals surface area contributed by atoms with Crippen LogP contribution < -0.4 is 4.74 Å². The summed E-state index contributed by atoms with van der Waals surface area (Å²) in [4.78, 5) is 24.3. The Morgan fingerprint density at radius 3 is 1.97 bits per heavy atom. The van der Waals surface area contributed by atoms with Crippen LogP contribution in [-0.2, 0) is 4.79 Å². The second kappa shape index (κ2) is 10.2. The number of allylic oxidation sites excluding steroid dienone is 1. The second-order valence-electron chi connectivity index (χ2n) is 7.21. The number of ketones is 1. The minimum Gasteiger partial charge on any atom is -0.423 e. The fourth-order valence-corrected chi connectivity index (χ4v) is 2.83. The molecule has 3 aromatic carbocycles. The standard InChI is InChI=1S/C27H24O3/c1-20(2)23-12-8-22(9-13-23)10-18-26(28)24-14-16-25(17-15-24)30-27(29)19-11-21-6-4-3-5-7-21/h3-20H,1-2H3/b18-10-,19-11-. The molecule has 0 bridgehead atoms. The van der Waals surface area contributed by atoms with E-state index in [0.717, 1.165) is 11.1 Å². The summed E-state index contributed by atoms with van der Waals surface area (Å²) in [5.74, 6) is 0.293. The lowest BCUT2D eigenvalue weighted by Gasteiger charge is -2.04. The molecule has 0 saturated carbocycles. The summed E-state index contributed by atoms with van der Waals surface area (Å²) in [6.07, 6.45) is 6.42. The van der Waals surface area contributed by atoms with Gasteiger partial charge in [0.15, 0.2) is 5.78 Å². The van der Waals surface area contributed by atoms with Crippen LogP contribution in [0.4, 0.5) is 0 Å². The summed E-state index contributed by atoms with van der Waals surface area (Å²) < 4.78 is 5.28. The lowest BCUT2D eigenvalue weighted by atomic mass is 10.0. The van der Waals surface area contributed by atoms with Crippen LogP contribution in [0.15, 0.2) is 91.0 Å². The molecule has 3 aromatic rings. The molecule has 0 aliphatic rings. The van der Waals surface area contributed by atoms with Gasteiger partial charge in [-0.3, -0.25) is 4.79 Å². The molecule has 0 spiro atoms. The maximum Gasteiger partial charge on any atom is 0.336 e. The number of esters is 1. The highest BCUT2D eigenvalue weighted by molar-refractivity contribution is 6.06. The zero-order chi connectivity index (χ0) is 21.3. The Kier molecular flexibility index (Phi) is 7.12. The maximum absolute atomic E-state index is 12.4. The van der Waals surface area contributed by atoms with Gasteiger partial charge in [0, 0.05) is 11.6 Å². The third-order valence-electron chi connectivity index (χ3n) is 4.60. The lowest BCUT2D eigenvalue weighted by Crippen LogP contribution is -2.04. The van der Waals surface area contributed by atoms with Crippen LogP contribution in [0.1, 0.15) is 46.8 Å². The van der Waals surface area contributed by atoms with Crippen LogP contribution in [0.3, 0.4) is 0 Å². The molecule has 0 aromatic heterocycles. The summed E-state index contributed by atoms with van der Waals surface area (Å²) in [7, 11) is 0. The van der Waals surface area contributed by atoms with Crippen LogP contribution in [0, 0.1) is 0 Å². The summed E-state index contributed by atoms with van der Waals surface area (Å²) >= 11 is 0. The Morgan fingerprint density at radius 1 is 0.733 bits per heavy atom. The van der Waals surface area contributed by atoms with Crippen LogP contribution >= 0.6 is 0 Å². The third kappa shape index (κ3) is 6.14. The largest absolute Gasteiger partial charge is 0.423 e. The van der Waals surface area contributed by atoms with Gasteiger partial charge in [-0.1, -0.05) is 74.5 Å². The third-order valence-corrected chi connectivity index (χ3v) is 4.60. The van der Waals surface area contributed by atoms with Gasteiger partial charge in [0.2, 0.25) is 0 Å². The molecule has 0 unspecified atom stereocenters. The normalized spacial score (nSPS) is 11.3. The van der Waals surface area contributed by atoms with Gasteiger partial charge in [0.05, 0.1) is 0 Å². The first-order chi connectivity index (χ1) is 14.5. The minimum atomic E-state index is -0.470. The van der Waals surface area contributed by atoms with E-state index < -0.39 is 5.97 Å². The first-order valence-electron chi connectivity index (χ1n) is 9.88. The number of benzene rings is 3. The van der Waals surface area contributed by atoms with Crippen molar-refractivity contribution in [2.45, 2.75) is 19.8 Å². The van der Waals surface area contributed by atoms with Gasteiger partial charge in [-0.2, -0.15) is 0 Å². The number of carbonyl (C=O) groups is 2. The molecule has 0 N–H and O–H groups in total. The van der Waals surface area contributed by atoms with Crippen molar-refractivity contribution in [1.82, 2.24) is 0 Å². The predicted octanol–water partition coefficient (Wildman–Crippen LogP) is 6.32. The van der Waals surface area contributed by atoms with E-state index in [1.165, 1.54) is 11.6 Å². The zero-order valence-corrected chi connectivity index (χ0v) is 17.1. The molecule has 0 heterocycles. The van der Waals surface area contributed by atoms with Crippen molar-refractivity contribution < 1.29 is 14.3 Å². The van der Waals surface area contributed by atoms with Gasteiger partial charge in [0.25, 0.3) is 0 Å². The van der Waals surface area contributed by atoms with E-state index >= 15 is 0 Å². The molecular weight excluding hydrogens is 372 g/mol. The van der Waals surface area contributed by atoms with Gasteiger partial charge in [0.1, 0.15) is 5.75 Å². The molecule has 0 amide bonds. The van der Waals surface area contributed by atoms with Gasteiger partial charge in [-0.15, -0.1) is 0 Å². The Balaban J connectivity index is 1.57. The fraction of sp³-hybridized carbons (Fsp3) is 0.111. The second-order valence-corrected chi connectivity index (χ2v) is 7.21. The van der Waals surface area contributed by atoms with Crippen molar-refractivity contribution >= 4 is 23.9 Å². The topological polar surface area (TPSA) is 43.4 Å². The highest BCUT2D eigenvalue weighted by atomic mass is 16.5. The molecule has 0 fully saturated rings. The van der Waals surface area contributed by atoms with E-state index in [1.807, 2.05) is 42.5 Å². The van der Waals surface area contributed by atoms with Crippen molar-refractivity contribution in [3.63, 3.8) is 0 Å². The minimum absolute atomic E-state index is 0.107. The number of carbonyl (C=O) groups excluding carboxylic acids is 2. The van der Waals surface area contributed by atoms with Crippen LogP contribution in [0.25, 0.3) is 12.2 Å². The number of rotatable bonds is 7. The highest BCUT2D eigenvalue weighted by Gasteiger charge is 2.05. The van der Waals surface area contributed by atoms with Crippen LogP contribution in [0.5, 0.6) is 5.75 Å². The molecular formula is C27H24O3. The highest BCUT2D eigenvalue weighted by Crippen LogP contribution is 2.17. The maximum atomic E-state index is 12.4. The Hall–Kier alpha value is -3.72. The van der Waals surface area contributed by atoms with E-state index in [-0.39, 0.29) is 5.78 Å². The Bertz CT molecular complexity index is 1040. The molecule has 3 rings (SSSR count). The van der Waals surface area contributed by atoms with E-state index in [0.29, 0.717) is 17.2 Å². The Labute approximate surface area is 177 Å². The Morgan fingerprint density at radius 2 is 1.33 bits per heavy atom. The van der Waals surface area contributed by atoms with Crippen LogP contribution in [0.2, 0.25) is 0 Å². The van der Waals surface area contributed by atoms with Crippen molar-refractivity contribution in [2.24, 2.45) is 0 Å². The van der Waals surface area contributed by atoms with Gasteiger partial charge in [-0.05, 0) is 59.0 Å². The van der Waals surface area contributed by atoms with Crippen molar-refractivity contribution in [3.8, 4) is 5.75 Å². The van der Waals surface area contributed by atoms with Crippen molar-refractivity contribution in [2.75, 3.05) is 0 Å². The summed E-state index contributed by atoms with van der Waals surface area (Å²) in [5.41, 5.74) is 3.69. The quantitative estimate of drug-likeness (QED) is 0.203. The molecule has 150 valence electrons. The molecule has 0 saturated heterocycles. The summed E-state index contributed by atoms with van der Waals surface area (Å²) in [6, 6.07) is 24.2. The molecule has 0 aliphatic carbocycles. The fourth-order valence-electron chi connectivity index (χ4n) is 2.83. The average Bonchev–Trinajstić information content (AvgIpc) is 2.77. The van der Waals surface area contributed by atoms with Gasteiger partial charge in [-0.25, -0.2) is 4.79 Å². The van der Waals surface area contributed by atoms with Crippen LogP contribution in [-0.4, -0.2) is 11.8 Å². The summed E-state index contributed by atoms with van der Waals surface area (Å²) in [6.45, 7) is 4.30. The van der Waals surface area contributed by atoms with Gasteiger partial charge < -0.3 is 4.74 Å². The van der Waals surface area contributed by atoms with Crippen molar-refractivity contribution in [1.29, 1.82) is 0 Å². The molecule has 3 heteroatoms. The number of hydrogen-bond acceptors (Lipinski definition) is 3. The SMILES string of the molecule is CC(C)c1ccc(/C=C\C(=O)c2ccc(OC(=O)/C=C\c3ccccc3)cc2)cc1. The lowest BCUT2D eigenvalue weighted by molar-refractivity contribution is -0.128. The van der Waals surface area contributed by atoms with E-state index in [2.05, 4.69) is 26.0 Å². The predicted molar refractivity (Wildman–Crippen MR) is 121 cm³/mol. The molecule has 30 heavy (non-hydrogen) atoms.